The van der Waals surface area contributed by atoms with Crippen LogP contribution in [0.5, 0.6) is 0 Å². The lowest BCUT2D eigenvalue weighted by atomic mass is 10.1. The molecular weight excluding hydrogens is 174 g/mol. The number of benzene rings is 1. The minimum atomic E-state index is 0.915. The van der Waals surface area contributed by atoms with Crippen LogP contribution in [0.1, 0.15) is 12.6 Å². The third-order valence-corrected chi connectivity index (χ3v) is 2.17. The van der Waals surface area contributed by atoms with Crippen molar-refractivity contribution in [2.75, 3.05) is 0 Å². The number of hydrogen-bond acceptors (Lipinski definition) is 2. The van der Waals surface area contributed by atoms with Gasteiger partial charge >= 0.3 is 0 Å². The maximum Gasteiger partial charge on any atom is 0.116 e. The van der Waals surface area contributed by atoms with Crippen molar-refractivity contribution in [3.63, 3.8) is 0 Å². The lowest BCUT2D eigenvalue weighted by Crippen LogP contribution is -1.92. The van der Waals surface area contributed by atoms with Gasteiger partial charge in [0.2, 0.25) is 0 Å². The van der Waals surface area contributed by atoms with E-state index in [0.717, 1.165) is 23.4 Å². The summed E-state index contributed by atoms with van der Waals surface area (Å²) in [6.07, 6.45) is 0.915. The molecule has 2 aromatic rings. The molecule has 0 saturated heterocycles. The van der Waals surface area contributed by atoms with Gasteiger partial charge in [0.25, 0.3) is 0 Å². The Balaban J connectivity index is 2.51. The van der Waals surface area contributed by atoms with E-state index in [9.17, 15) is 0 Å². The zero-order valence-corrected chi connectivity index (χ0v) is 8.44. The van der Waals surface area contributed by atoms with Gasteiger partial charge in [-0.2, -0.15) is 15.0 Å². The first kappa shape index (κ1) is 8.94. The van der Waals surface area contributed by atoms with Crippen molar-refractivity contribution in [2.24, 2.45) is 7.05 Å². The molecule has 0 aliphatic heterocycles. The van der Waals surface area contributed by atoms with E-state index in [4.69, 9.17) is 0 Å². The summed E-state index contributed by atoms with van der Waals surface area (Å²) in [6.45, 7) is 2.09. The second kappa shape index (κ2) is 3.62. The molecule has 0 atom stereocenters. The van der Waals surface area contributed by atoms with E-state index in [0.29, 0.717) is 0 Å². The number of aryl methyl sites for hydroxylation is 2. The smallest absolute Gasteiger partial charge is 0.116 e. The average molecular weight is 187 g/mol. The van der Waals surface area contributed by atoms with E-state index in [1.807, 2.05) is 25.2 Å². The van der Waals surface area contributed by atoms with Gasteiger partial charge in [-0.05, 0) is 6.42 Å². The van der Waals surface area contributed by atoms with Crippen molar-refractivity contribution in [3.05, 3.63) is 36.0 Å². The fourth-order valence-corrected chi connectivity index (χ4v) is 1.51. The number of hydrogen-bond donors (Lipinski definition) is 0. The van der Waals surface area contributed by atoms with Gasteiger partial charge in [-0.3, -0.25) is 0 Å². The van der Waals surface area contributed by atoms with Gasteiger partial charge in [-0.1, -0.05) is 37.3 Å². The maximum atomic E-state index is 4.36. The Morgan fingerprint density at radius 3 is 2.50 bits per heavy atom. The highest BCUT2D eigenvalue weighted by Crippen LogP contribution is 2.19. The molecule has 3 heteroatoms. The average Bonchev–Trinajstić information content (AvgIpc) is 2.61. The molecule has 1 aromatic carbocycles. The monoisotopic (exact) mass is 187 g/mol. The lowest BCUT2D eigenvalue weighted by molar-refractivity contribution is 0.647. The van der Waals surface area contributed by atoms with Crippen LogP contribution >= 0.6 is 0 Å². The quantitative estimate of drug-likeness (QED) is 0.720. The molecule has 1 aromatic heterocycles. The maximum absolute atomic E-state index is 4.36. The van der Waals surface area contributed by atoms with Crippen LogP contribution in [0.2, 0.25) is 0 Å². The largest absolute Gasteiger partial charge is 0.187 e. The first-order valence-corrected chi connectivity index (χ1v) is 4.77. The molecule has 14 heavy (non-hydrogen) atoms. The van der Waals surface area contributed by atoms with Gasteiger partial charge in [0.05, 0.1) is 5.69 Å². The fraction of sp³-hybridized carbons (Fsp3) is 0.273. The van der Waals surface area contributed by atoms with Crippen LogP contribution in [0.4, 0.5) is 0 Å². The predicted octanol–water partition coefficient (Wildman–Crippen LogP) is 2.04. The summed E-state index contributed by atoms with van der Waals surface area (Å²) in [6, 6.07) is 10.2. The van der Waals surface area contributed by atoms with Gasteiger partial charge in [0.15, 0.2) is 0 Å². The summed E-state index contributed by atoms with van der Waals surface area (Å²) in [5, 5.41) is 8.67. The van der Waals surface area contributed by atoms with Crippen molar-refractivity contribution in [1.82, 2.24) is 15.0 Å². The highest BCUT2D eigenvalue weighted by atomic mass is 15.5. The molecular formula is C11H13N3. The summed E-state index contributed by atoms with van der Waals surface area (Å²) in [4.78, 5) is 1.63. The molecule has 0 saturated carbocycles. The summed E-state index contributed by atoms with van der Waals surface area (Å²) in [5.41, 5.74) is 3.19. The van der Waals surface area contributed by atoms with Gasteiger partial charge < -0.3 is 0 Å². The van der Waals surface area contributed by atoms with Crippen LogP contribution in [0.25, 0.3) is 11.3 Å². The van der Waals surface area contributed by atoms with Crippen LogP contribution in [-0.2, 0) is 13.5 Å². The van der Waals surface area contributed by atoms with Gasteiger partial charge in [0.1, 0.15) is 5.69 Å². The van der Waals surface area contributed by atoms with E-state index in [2.05, 4.69) is 29.3 Å². The van der Waals surface area contributed by atoms with Crippen molar-refractivity contribution in [1.29, 1.82) is 0 Å². The Labute approximate surface area is 83.4 Å². The summed E-state index contributed by atoms with van der Waals surface area (Å²) >= 11 is 0. The standard InChI is InChI=1S/C11H13N3/c1-3-10-11(13-14(2)12-10)9-7-5-4-6-8-9/h4-8H,3H2,1-2H3. The minimum Gasteiger partial charge on any atom is -0.187 e. The van der Waals surface area contributed by atoms with Crippen LogP contribution in [0, 0.1) is 0 Å². The normalized spacial score (nSPS) is 10.4. The molecule has 0 N–H and O–H groups in total. The second-order valence-corrected chi connectivity index (χ2v) is 3.20. The van der Waals surface area contributed by atoms with Gasteiger partial charge in [-0.15, -0.1) is 0 Å². The molecule has 0 bridgehead atoms. The van der Waals surface area contributed by atoms with E-state index in [1.54, 1.807) is 4.80 Å². The van der Waals surface area contributed by atoms with Gasteiger partial charge in [-0.25, -0.2) is 0 Å². The predicted molar refractivity (Wildman–Crippen MR) is 55.8 cm³/mol. The number of aromatic nitrogens is 3. The highest BCUT2D eigenvalue weighted by Gasteiger charge is 2.08. The molecule has 72 valence electrons. The van der Waals surface area contributed by atoms with Crippen molar-refractivity contribution in [3.8, 4) is 11.3 Å². The van der Waals surface area contributed by atoms with Crippen molar-refractivity contribution in [2.45, 2.75) is 13.3 Å². The molecule has 0 amide bonds. The topological polar surface area (TPSA) is 30.7 Å². The van der Waals surface area contributed by atoms with Gasteiger partial charge in [0, 0.05) is 12.6 Å². The Morgan fingerprint density at radius 1 is 1.14 bits per heavy atom. The lowest BCUT2D eigenvalue weighted by Gasteiger charge is -1.96. The molecule has 1 heterocycles. The Hall–Kier alpha value is -1.64. The third kappa shape index (κ3) is 1.53. The Kier molecular flexibility index (Phi) is 2.31. The van der Waals surface area contributed by atoms with Crippen LogP contribution in [0.3, 0.4) is 0 Å². The van der Waals surface area contributed by atoms with Crippen molar-refractivity contribution >= 4 is 0 Å². The van der Waals surface area contributed by atoms with E-state index in [1.165, 1.54) is 0 Å². The van der Waals surface area contributed by atoms with Crippen LogP contribution < -0.4 is 0 Å². The first-order valence-electron chi connectivity index (χ1n) is 4.77. The Bertz CT molecular complexity index is 417. The zero-order chi connectivity index (χ0) is 9.97. The van der Waals surface area contributed by atoms with Crippen molar-refractivity contribution < 1.29 is 0 Å². The van der Waals surface area contributed by atoms with E-state index in [-0.39, 0.29) is 0 Å². The van der Waals surface area contributed by atoms with Crippen LogP contribution in [0.15, 0.2) is 30.3 Å². The number of rotatable bonds is 2. The Morgan fingerprint density at radius 2 is 1.86 bits per heavy atom. The summed E-state index contributed by atoms with van der Waals surface area (Å²) in [7, 11) is 1.85. The van der Waals surface area contributed by atoms with E-state index >= 15 is 0 Å². The minimum absolute atomic E-state index is 0.915. The SMILES string of the molecule is CCc1nn(C)nc1-c1ccccc1. The molecule has 0 radical (unpaired) electrons. The molecule has 0 aliphatic rings. The molecule has 0 aliphatic carbocycles. The molecule has 0 unspecified atom stereocenters. The number of nitrogens with zero attached hydrogens (tertiary/aromatic N) is 3. The first-order chi connectivity index (χ1) is 6.81. The van der Waals surface area contributed by atoms with Crippen LogP contribution in [-0.4, -0.2) is 15.0 Å². The zero-order valence-electron chi connectivity index (χ0n) is 8.44. The summed E-state index contributed by atoms with van der Waals surface area (Å²) < 4.78 is 0. The van der Waals surface area contributed by atoms with E-state index < -0.39 is 0 Å². The molecule has 3 nitrogen and oxygen atoms in total. The second-order valence-electron chi connectivity index (χ2n) is 3.20. The molecule has 0 fully saturated rings. The fourth-order valence-electron chi connectivity index (χ4n) is 1.51. The molecule has 0 spiro atoms. The third-order valence-electron chi connectivity index (χ3n) is 2.17. The molecule has 2 rings (SSSR count). The summed E-state index contributed by atoms with van der Waals surface area (Å²) in [5.74, 6) is 0. The highest BCUT2D eigenvalue weighted by molar-refractivity contribution is 5.60.